The summed E-state index contributed by atoms with van der Waals surface area (Å²) in [6.07, 6.45) is 2.64. The number of benzene rings is 3. The van der Waals surface area contributed by atoms with Gasteiger partial charge in [0, 0.05) is 26.0 Å². The molecule has 3 aromatic rings. The van der Waals surface area contributed by atoms with Crippen LogP contribution in [-0.2, 0) is 0 Å². The van der Waals surface area contributed by atoms with Crippen LogP contribution in [0.1, 0.15) is 38.6 Å². The van der Waals surface area contributed by atoms with Crippen LogP contribution >= 0.6 is 43.6 Å². The third-order valence-corrected chi connectivity index (χ3v) is 7.58. The van der Waals surface area contributed by atoms with E-state index in [1.807, 2.05) is 72.8 Å². The van der Waals surface area contributed by atoms with E-state index in [9.17, 15) is 9.59 Å². The van der Waals surface area contributed by atoms with Crippen molar-refractivity contribution in [3.63, 3.8) is 0 Å². The minimum Gasteiger partial charge on any atom is -0.293 e. The predicted octanol–water partition coefficient (Wildman–Crippen LogP) is 7.45. The van der Waals surface area contributed by atoms with Gasteiger partial charge in [0.15, 0.2) is 11.6 Å². The fraction of sp³-hybridized carbons (Fsp3) is 0.120. The zero-order chi connectivity index (χ0) is 21.1. The van der Waals surface area contributed by atoms with E-state index in [1.54, 1.807) is 0 Å². The van der Waals surface area contributed by atoms with Crippen molar-refractivity contribution in [3.05, 3.63) is 115 Å². The van der Waals surface area contributed by atoms with Gasteiger partial charge in [0.1, 0.15) is 0 Å². The Kier molecular flexibility index (Phi) is 6.71. The van der Waals surface area contributed by atoms with Gasteiger partial charge in [-0.3, -0.25) is 9.59 Å². The Labute approximate surface area is 197 Å². The molecule has 0 radical (unpaired) electrons. The van der Waals surface area contributed by atoms with Crippen LogP contribution in [0, 0.1) is 0 Å². The smallest absolute Gasteiger partial charge is 0.199 e. The second kappa shape index (κ2) is 9.46. The van der Waals surface area contributed by atoms with Gasteiger partial charge in [-0.1, -0.05) is 80.4 Å². The molecule has 1 aliphatic rings. The van der Waals surface area contributed by atoms with Crippen LogP contribution in [0.25, 0.3) is 0 Å². The number of allylic oxidation sites excluding steroid dienone is 2. The van der Waals surface area contributed by atoms with Crippen molar-refractivity contribution in [1.29, 1.82) is 0 Å². The van der Waals surface area contributed by atoms with Gasteiger partial charge in [0.25, 0.3) is 0 Å². The monoisotopic (exact) mass is 540 g/mol. The van der Waals surface area contributed by atoms with Crippen molar-refractivity contribution >= 4 is 55.2 Å². The molecule has 4 rings (SSSR count). The molecule has 0 amide bonds. The molecule has 0 saturated heterocycles. The minimum atomic E-state index is -0.354. The van der Waals surface area contributed by atoms with Gasteiger partial charge in [-0.15, -0.1) is 11.8 Å². The van der Waals surface area contributed by atoms with E-state index >= 15 is 0 Å². The second-order valence-electron chi connectivity index (χ2n) is 7.07. The number of carbonyl (C=O) groups is 2. The summed E-state index contributed by atoms with van der Waals surface area (Å²) in [6, 6.07) is 24.8. The Morgan fingerprint density at radius 1 is 0.767 bits per heavy atom. The fourth-order valence-corrected chi connectivity index (χ4v) is 5.44. The Balaban J connectivity index is 1.67. The summed E-state index contributed by atoms with van der Waals surface area (Å²) in [5, 5.41) is -0.354. The first-order valence-electron chi connectivity index (χ1n) is 9.55. The van der Waals surface area contributed by atoms with E-state index in [2.05, 4.69) is 44.0 Å². The highest BCUT2D eigenvalue weighted by molar-refractivity contribution is 9.10. The topological polar surface area (TPSA) is 34.1 Å². The normalized spacial score (nSPS) is 18.5. The van der Waals surface area contributed by atoms with Crippen LogP contribution in [-0.4, -0.2) is 16.8 Å². The van der Waals surface area contributed by atoms with Crippen LogP contribution in [0.5, 0.6) is 0 Å². The van der Waals surface area contributed by atoms with Gasteiger partial charge >= 0.3 is 0 Å². The molecular formula is C25H18Br2O2S. The summed E-state index contributed by atoms with van der Waals surface area (Å²) < 4.78 is 1.86. The average Bonchev–Trinajstić information content (AvgIpc) is 2.79. The quantitative estimate of drug-likeness (QED) is 0.314. The molecule has 0 aliphatic carbocycles. The lowest BCUT2D eigenvalue weighted by Crippen LogP contribution is -2.29. The first kappa shape index (κ1) is 21.3. The Hall–Kier alpha value is -1.95. The van der Waals surface area contributed by atoms with Gasteiger partial charge in [0.2, 0.25) is 0 Å². The molecular weight excluding hydrogens is 524 g/mol. The molecule has 150 valence electrons. The highest BCUT2D eigenvalue weighted by Gasteiger charge is 2.35. The van der Waals surface area contributed by atoms with E-state index in [0.717, 1.165) is 14.5 Å². The number of rotatable bonds is 5. The molecule has 1 heterocycles. The SMILES string of the molecule is O=C(C1=CC[C@@H](c2ccccc2)[C@H](C(=O)c2ccc(Br)cc2)S1)c1ccc(Br)cc1. The maximum Gasteiger partial charge on any atom is 0.199 e. The molecule has 0 aromatic heterocycles. The largest absolute Gasteiger partial charge is 0.293 e. The fourth-order valence-electron chi connectivity index (χ4n) is 3.54. The first-order valence-corrected chi connectivity index (χ1v) is 12.0. The van der Waals surface area contributed by atoms with Gasteiger partial charge in [-0.25, -0.2) is 0 Å². The second-order valence-corrected chi connectivity index (χ2v) is 10.1. The predicted molar refractivity (Wildman–Crippen MR) is 130 cm³/mol. The molecule has 2 atom stereocenters. The highest BCUT2D eigenvalue weighted by atomic mass is 79.9. The summed E-state index contributed by atoms with van der Waals surface area (Å²) in [6.45, 7) is 0. The number of Topliss-reactive ketones (excluding diaryl/α,β-unsaturated/α-hetero) is 2. The van der Waals surface area contributed by atoms with Crippen LogP contribution in [0.4, 0.5) is 0 Å². The third-order valence-electron chi connectivity index (χ3n) is 5.12. The van der Waals surface area contributed by atoms with Gasteiger partial charge in [-0.2, -0.15) is 0 Å². The Bertz CT molecular complexity index is 1090. The summed E-state index contributed by atoms with van der Waals surface area (Å²) in [4.78, 5) is 27.2. The Morgan fingerprint density at radius 2 is 1.33 bits per heavy atom. The molecule has 0 unspecified atom stereocenters. The lowest BCUT2D eigenvalue weighted by atomic mass is 9.87. The molecule has 2 nitrogen and oxygen atoms in total. The Morgan fingerprint density at radius 3 is 1.93 bits per heavy atom. The lowest BCUT2D eigenvalue weighted by molar-refractivity contribution is 0.0980. The maximum absolute atomic E-state index is 13.5. The van der Waals surface area contributed by atoms with Crippen LogP contribution in [0.15, 0.2) is 98.8 Å². The van der Waals surface area contributed by atoms with Crippen LogP contribution < -0.4 is 0 Å². The maximum atomic E-state index is 13.5. The molecule has 3 aromatic carbocycles. The van der Waals surface area contributed by atoms with Crippen LogP contribution in [0.3, 0.4) is 0 Å². The number of halogens is 2. The molecule has 30 heavy (non-hydrogen) atoms. The number of hydrogen-bond donors (Lipinski definition) is 0. The van der Waals surface area contributed by atoms with E-state index in [0.29, 0.717) is 22.5 Å². The molecule has 1 aliphatic heterocycles. The average molecular weight is 542 g/mol. The molecule has 0 bridgehead atoms. The molecule has 0 saturated carbocycles. The van der Waals surface area contributed by atoms with Crippen LogP contribution in [0.2, 0.25) is 0 Å². The highest BCUT2D eigenvalue weighted by Crippen LogP contribution is 2.43. The van der Waals surface area contributed by atoms with Crippen molar-refractivity contribution in [2.45, 2.75) is 17.6 Å². The summed E-state index contributed by atoms with van der Waals surface area (Å²) in [5.74, 6) is 0.0389. The van der Waals surface area contributed by atoms with Gasteiger partial charge < -0.3 is 0 Å². The molecule has 0 spiro atoms. The van der Waals surface area contributed by atoms with Crippen molar-refractivity contribution in [2.75, 3.05) is 0 Å². The zero-order valence-corrected chi connectivity index (χ0v) is 19.9. The van der Waals surface area contributed by atoms with Crippen molar-refractivity contribution in [2.24, 2.45) is 0 Å². The summed E-state index contributed by atoms with van der Waals surface area (Å²) >= 11 is 8.22. The molecule has 0 N–H and O–H groups in total. The molecule has 5 heteroatoms. The minimum absolute atomic E-state index is 0.0221. The van der Waals surface area contributed by atoms with E-state index in [1.165, 1.54) is 11.8 Å². The number of carbonyl (C=O) groups excluding carboxylic acids is 2. The van der Waals surface area contributed by atoms with Crippen molar-refractivity contribution in [1.82, 2.24) is 0 Å². The van der Waals surface area contributed by atoms with Gasteiger partial charge in [-0.05, 0) is 48.4 Å². The number of hydrogen-bond acceptors (Lipinski definition) is 3. The first-order chi connectivity index (χ1) is 14.5. The van der Waals surface area contributed by atoms with Crippen molar-refractivity contribution in [3.8, 4) is 0 Å². The number of thioether (sulfide) groups is 1. The standard InChI is InChI=1S/C25H18Br2O2S/c26-19-10-6-17(7-11-19)23(28)22-15-14-21(16-4-2-1-3-5-16)25(30-22)24(29)18-8-12-20(27)13-9-18/h1-13,15,21,25H,14H2/t21-,25+/m0/s1. The molecule has 0 fully saturated rings. The summed E-state index contributed by atoms with van der Waals surface area (Å²) in [7, 11) is 0. The lowest BCUT2D eigenvalue weighted by Gasteiger charge is -2.30. The number of ketones is 2. The summed E-state index contributed by atoms with van der Waals surface area (Å²) in [5.41, 5.74) is 2.41. The zero-order valence-electron chi connectivity index (χ0n) is 15.9. The van der Waals surface area contributed by atoms with Crippen molar-refractivity contribution < 1.29 is 9.59 Å². The van der Waals surface area contributed by atoms with Gasteiger partial charge in [0.05, 0.1) is 10.2 Å². The van der Waals surface area contributed by atoms with E-state index in [4.69, 9.17) is 0 Å². The van der Waals surface area contributed by atoms with E-state index in [-0.39, 0.29) is 22.7 Å². The van der Waals surface area contributed by atoms with E-state index < -0.39 is 0 Å². The third kappa shape index (κ3) is 4.69.